The number of aromatic nitrogens is 1. The Balaban J connectivity index is 1.79. The molecule has 0 amide bonds. The molecule has 1 unspecified atom stereocenters. The second kappa shape index (κ2) is 8.44. The van der Waals surface area contributed by atoms with Crippen molar-refractivity contribution < 1.29 is 8.76 Å². The summed E-state index contributed by atoms with van der Waals surface area (Å²) in [6.07, 6.45) is 2.21. The molecule has 4 aromatic rings. The van der Waals surface area contributed by atoms with E-state index in [2.05, 4.69) is 84.3 Å². The average Bonchev–Trinajstić information content (AvgIpc) is 3.12. The average molecular weight is 420 g/mol. The molecule has 0 aliphatic rings. The molecule has 0 aliphatic heterocycles. The predicted octanol–water partition coefficient (Wildman–Crippen LogP) is 5.78. The Hall–Kier alpha value is -2.93. The Bertz CT molecular complexity index is 1200. The molecule has 154 valence electrons. The molecule has 4 rings (SSSR count). The standard InChI is InChI=1S/C24H25N3O2S/c1-16(2)23-15-27(21-11-9-20(10-12-21)25-26-30(28)29)24-14-19(8-13-22(23)24)18-6-4-17(3)5-7-18/h4-16,25-26H,1-3H3,(H,28,29). The lowest BCUT2D eigenvalue weighted by atomic mass is 9.99. The molecule has 5 nitrogen and oxygen atoms in total. The fourth-order valence-electron chi connectivity index (χ4n) is 3.66. The molecule has 0 aliphatic carbocycles. The van der Waals surface area contributed by atoms with Crippen LogP contribution >= 0.6 is 0 Å². The molecule has 1 atom stereocenters. The quantitative estimate of drug-likeness (QED) is 0.274. The van der Waals surface area contributed by atoms with Gasteiger partial charge in [0.1, 0.15) is 0 Å². The van der Waals surface area contributed by atoms with E-state index in [-0.39, 0.29) is 0 Å². The van der Waals surface area contributed by atoms with Crippen LogP contribution in [-0.2, 0) is 11.3 Å². The monoisotopic (exact) mass is 419 g/mol. The number of hydrazine groups is 1. The van der Waals surface area contributed by atoms with Gasteiger partial charge in [0, 0.05) is 23.0 Å². The number of aryl methyl sites for hydroxylation is 1. The van der Waals surface area contributed by atoms with Crippen molar-refractivity contribution in [3.8, 4) is 16.8 Å². The van der Waals surface area contributed by atoms with Crippen LogP contribution in [0.15, 0.2) is 72.9 Å². The van der Waals surface area contributed by atoms with Gasteiger partial charge in [0.15, 0.2) is 0 Å². The number of nitrogens with zero attached hydrogens (tertiary/aromatic N) is 1. The van der Waals surface area contributed by atoms with Crippen LogP contribution in [0, 0.1) is 6.92 Å². The van der Waals surface area contributed by atoms with Gasteiger partial charge in [-0.25, -0.2) is 4.21 Å². The lowest BCUT2D eigenvalue weighted by molar-refractivity contribution is 0.555. The molecule has 0 spiro atoms. The third-order valence-electron chi connectivity index (χ3n) is 5.27. The van der Waals surface area contributed by atoms with E-state index in [9.17, 15) is 4.21 Å². The van der Waals surface area contributed by atoms with Crippen LogP contribution in [-0.4, -0.2) is 13.3 Å². The third kappa shape index (κ3) is 4.16. The zero-order valence-corrected chi connectivity index (χ0v) is 18.0. The van der Waals surface area contributed by atoms with Crippen LogP contribution in [0.3, 0.4) is 0 Å². The van der Waals surface area contributed by atoms with E-state index < -0.39 is 11.3 Å². The van der Waals surface area contributed by atoms with E-state index >= 15 is 0 Å². The van der Waals surface area contributed by atoms with Crippen LogP contribution in [0.2, 0.25) is 0 Å². The number of hydrogen-bond acceptors (Lipinski definition) is 2. The van der Waals surface area contributed by atoms with Gasteiger partial charge in [-0.1, -0.05) is 55.8 Å². The predicted molar refractivity (Wildman–Crippen MR) is 125 cm³/mol. The summed E-state index contributed by atoms with van der Waals surface area (Å²) in [5.74, 6) is 0.406. The third-order valence-corrected chi connectivity index (χ3v) is 5.55. The van der Waals surface area contributed by atoms with Crippen molar-refractivity contribution in [3.63, 3.8) is 0 Å². The lowest BCUT2D eigenvalue weighted by Gasteiger charge is -2.10. The Labute approximate surface area is 179 Å². The van der Waals surface area contributed by atoms with Crippen molar-refractivity contribution in [2.24, 2.45) is 0 Å². The van der Waals surface area contributed by atoms with Crippen molar-refractivity contribution in [1.82, 2.24) is 9.40 Å². The molecule has 0 fully saturated rings. The van der Waals surface area contributed by atoms with Crippen molar-refractivity contribution >= 4 is 27.9 Å². The molecule has 0 saturated heterocycles. The number of hydrogen-bond donors (Lipinski definition) is 3. The highest BCUT2D eigenvalue weighted by atomic mass is 32.2. The second-order valence-electron chi connectivity index (χ2n) is 7.73. The Morgan fingerprint density at radius 2 is 1.60 bits per heavy atom. The highest BCUT2D eigenvalue weighted by molar-refractivity contribution is 7.77. The maximum atomic E-state index is 10.8. The number of fused-ring (bicyclic) bond motifs is 1. The maximum Gasteiger partial charge on any atom is 0.250 e. The normalized spacial score (nSPS) is 12.4. The number of rotatable bonds is 6. The first-order valence-corrected chi connectivity index (χ1v) is 11.0. The first-order chi connectivity index (χ1) is 14.4. The number of benzene rings is 3. The van der Waals surface area contributed by atoms with Gasteiger partial charge >= 0.3 is 0 Å². The summed E-state index contributed by atoms with van der Waals surface area (Å²) in [7, 11) is 0. The van der Waals surface area contributed by atoms with E-state index in [1.165, 1.54) is 27.6 Å². The summed E-state index contributed by atoms with van der Waals surface area (Å²) in [6, 6.07) is 23.0. The van der Waals surface area contributed by atoms with Crippen LogP contribution in [0.25, 0.3) is 27.7 Å². The minimum atomic E-state index is -2.12. The Kier molecular flexibility index (Phi) is 5.72. The van der Waals surface area contributed by atoms with E-state index in [0.29, 0.717) is 11.6 Å². The minimum Gasteiger partial charge on any atom is -0.316 e. The zero-order valence-electron chi connectivity index (χ0n) is 17.2. The largest absolute Gasteiger partial charge is 0.316 e. The summed E-state index contributed by atoms with van der Waals surface area (Å²) >= 11 is -2.12. The van der Waals surface area contributed by atoms with Gasteiger partial charge in [0.05, 0.1) is 5.52 Å². The van der Waals surface area contributed by atoms with Crippen molar-refractivity contribution in [2.45, 2.75) is 26.7 Å². The molecule has 0 saturated carbocycles. The van der Waals surface area contributed by atoms with Gasteiger partial charge in [-0.2, -0.15) is 0 Å². The molecule has 3 N–H and O–H groups in total. The molecule has 30 heavy (non-hydrogen) atoms. The zero-order chi connectivity index (χ0) is 21.3. The summed E-state index contributed by atoms with van der Waals surface area (Å²) < 4.78 is 21.8. The molecule has 6 heteroatoms. The Morgan fingerprint density at radius 1 is 0.933 bits per heavy atom. The van der Waals surface area contributed by atoms with E-state index in [4.69, 9.17) is 4.55 Å². The minimum absolute atomic E-state index is 0.406. The van der Waals surface area contributed by atoms with Gasteiger partial charge in [0.25, 0.3) is 0 Å². The highest BCUT2D eigenvalue weighted by Crippen LogP contribution is 2.33. The van der Waals surface area contributed by atoms with Crippen LogP contribution in [0.5, 0.6) is 0 Å². The van der Waals surface area contributed by atoms with Gasteiger partial charge in [-0.05, 0) is 59.9 Å². The van der Waals surface area contributed by atoms with Gasteiger partial charge in [0.2, 0.25) is 11.3 Å². The van der Waals surface area contributed by atoms with Gasteiger partial charge in [-0.3, -0.25) is 4.55 Å². The van der Waals surface area contributed by atoms with E-state index in [1.807, 2.05) is 24.3 Å². The van der Waals surface area contributed by atoms with E-state index in [1.54, 1.807) is 0 Å². The molecule has 3 aromatic carbocycles. The first kappa shape index (κ1) is 20.3. The molecule has 0 radical (unpaired) electrons. The SMILES string of the molecule is Cc1ccc(-c2ccc3c(C(C)C)cn(-c4ccc(NNS(=O)O)cc4)c3c2)cc1. The molecule has 1 aromatic heterocycles. The van der Waals surface area contributed by atoms with E-state index in [0.717, 1.165) is 11.2 Å². The van der Waals surface area contributed by atoms with Crippen molar-refractivity contribution in [3.05, 3.63) is 84.1 Å². The van der Waals surface area contributed by atoms with Crippen LogP contribution in [0.4, 0.5) is 5.69 Å². The van der Waals surface area contributed by atoms with Gasteiger partial charge < -0.3 is 9.99 Å². The topological polar surface area (TPSA) is 66.3 Å². The lowest BCUT2D eigenvalue weighted by Crippen LogP contribution is -2.23. The molecule has 1 heterocycles. The number of anilines is 1. The van der Waals surface area contributed by atoms with Crippen LogP contribution in [0.1, 0.15) is 30.9 Å². The second-order valence-corrected chi connectivity index (χ2v) is 8.43. The maximum absolute atomic E-state index is 10.8. The summed E-state index contributed by atoms with van der Waals surface area (Å²) in [5.41, 5.74) is 10.5. The summed E-state index contributed by atoms with van der Waals surface area (Å²) in [4.78, 5) is 2.27. The van der Waals surface area contributed by atoms with Crippen LogP contribution < -0.4 is 10.3 Å². The van der Waals surface area contributed by atoms with Crippen molar-refractivity contribution in [2.75, 3.05) is 5.43 Å². The summed E-state index contributed by atoms with van der Waals surface area (Å²) in [5, 5.41) is 1.25. The fourth-order valence-corrected chi connectivity index (χ4v) is 3.87. The first-order valence-electron chi connectivity index (χ1n) is 9.87. The number of nitrogens with one attached hydrogen (secondary N) is 2. The Morgan fingerprint density at radius 3 is 2.23 bits per heavy atom. The molecular weight excluding hydrogens is 394 g/mol. The van der Waals surface area contributed by atoms with Gasteiger partial charge in [-0.15, -0.1) is 4.83 Å². The summed E-state index contributed by atoms with van der Waals surface area (Å²) in [6.45, 7) is 6.51. The van der Waals surface area contributed by atoms with Crippen molar-refractivity contribution in [1.29, 1.82) is 0 Å². The highest BCUT2D eigenvalue weighted by Gasteiger charge is 2.14. The fraction of sp³-hybridized carbons (Fsp3) is 0.167. The molecule has 0 bridgehead atoms. The smallest absolute Gasteiger partial charge is 0.250 e. The molecular formula is C24H25N3O2S.